The minimum Gasteiger partial charge on any atom is -0.313 e. The van der Waals surface area contributed by atoms with Crippen molar-refractivity contribution in [2.75, 3.05) is 7.05 Å². The van der Waals surface area contributed by atoms with E-state index in [4.69, 9.17) is 11.6 Å². The number of hydrogen-bond donors (Lipinski definition) is 1. The van der Waals surface area contributed by atoms with E-state index in [1.165, 1.54) is 24.0 Å². The van der Waals surface area contributed by atoms with Gasteiger partial charge in [0.2, 0.25) is 0 Å². The lowest BCUT2D eigenvalue weighted by molar-refractivity contribution is 0.529. The smallest absolute Gasteiger partial charge is 0.0483 e. The highest BCUT2D eigenvalue weighted by Crippen LogP contribution is 2.43. The van der Waals surface area contributed by atoms with Crippen LogP contribution in [0.5, 0.6) is 0 Å². The monoisotopic (exact) mass is 209 g/mol. The molecule has 2 rings (SSSR count). The Morgan fingerprint density at radius 1 is 1.43 bits per heavy atom. The normalized spacial score (nSPS) is 18.2. The van der Waals surface area contributed by atoms with Crippen molar-refractivity contribution in [1.29, 1.82) is 0 Å². The molecule has 1 aromatic carbocycles. The van der Waals surface area contributed by atoms with Crippen molar-refractivity contribution >= 4 is 11.6 Å². The Morgan fingerprint density at radius 3 is 2.71 bits per heavy atom. The Balaban J connectivity index is 2.33. The molecule has 0 aromatic heterocycles. The molecular weight excluding hydrogens is 194 g/mol. The first kappa shape index (κ1) is 10.0. The highest BCUT2D eigenvalue weighted by atomic mass is 35.5. The van der Waals surface area contributed by atoms with Crippen LogP contribution in [0.2, 0.25) is 5.02 Å². The molecule has 14 heavy (non-hydrogen) atoms. The van der Waals surface area contributed by atoms with Crippen LogP contribution in [0.25, 0.3) is 0 Å². The van der Waals surface area contributed by atoms with Gasteiger partial charge in [0.05, 0.1) is 0 Å². The van der Waals surface area contributed by atoms with Crippen LogP contribution in [0.15, 0.2) is 18.2 Å². The summed E-state index contributed by atoms with van der Waals surface area (Å²) in [6.45, 7) is 2.06. The second-order valence-corrected chi connectivity index (χ2v) is 4.46. The third-order valence-corrected chi connectivity index (χ3v) is 3.48. The van der Waals surface area contributed by atoms with Crippen molar-refractivity contribution in [2.24, 2.45) is 5.92 Å². The van der Waals surface area contributed by atoms with Crippen LogP contribution in [0.3, 0.4) is 0 Å². The van der Waals surface area contributed by atoms with E-state index in [0.717, 1.165) is 10.9 Å². The SMILES string of the molecule is CNC(c1cccc(C)c1Cl)C1CC1. The zero-order valence-electron chi connectivity index (χ0n) is 8.68. The second-order valence-electron chi connectivity index (χ2n) is 4.08. The summed E-state index contributed by atoms with van der Waals surface area (Å²) in [5, 5.41) is 4.29. The van der Waals surface area contributed by atoms with Gasteiger partial charge in [-0.15, -0.1) is 0 Å². The highest BCUT2D eigenvalue weighted by Gasteiger charge is 2.32. The van der Waals surface area contributed by atoms with Gasteiger partial charge >= 0.3 is 0 Å². The van der Waals surface area contributed by atoms with Crippen LogP contribution < -0.4 is 5.32 Å². The van der Waals surface area contributed by atoms with E-state index in [0.29, 0.717) is 6.04 Å². The van der Waals surface area contributed by atoms with Crippen molar-refractivity contribution in [3.05, 3.63) is 34.3 Å². The largest absolute Gasteiger partial charge is 0.313 e. The topological polar surface area (TPSA) is 12.0 Å². The minimum absolute atomic E-state index is 0.447. The predicted octanol–water partition coefficient (Wildman–Crippen LogP) is 3.32. The molecule has 0 radical (unpaired) electrons. The maximum atomic E-state index is 6.30. The predicted molar refractivity (Wildman–Crippen MR) is 60.7 cm³/mol. The molecule has 1 aliphatic carbocycles. The number of nitrogens with one attached hydrogen (secondary N) is 1. The summed E-state index contributed by atoms with van der Waals surface area (Å²) in [6.07, 6.45) is 2.66. The van der Waals surface area contributed by atoms with E-state index in [1.807, 2.05) is 7.05 Å². The molecule has 1 unspecified atom stereocenters. The van der Waals surface area contributed by atoms with Crippen molar-refractivity contribution in [3.63, 3.8) is 0 Å². The summed E-state index contributed by atoms with van der Waals surface area (Å²) in [5.41, 5.74) is 2.43. The van der Waals surface area contributed by atoms with Crippen molar-refractivity contribution < 1.29 is 0 Å². The van der Waals surface area contributed by atoms with Gasteiger partial charge in [-0.05, 0) is 43.9 Å². The third-order valence-electron chi connectivity index (χ3n) is 2.96. The fraction of sp³-hybridized carbons (Fsp3) is 0.500. The van der Waals surface area contributed by atoms with Crippen molar-refractivity contribution in [3.8, 4) is 0 Å². The first-order chi connectivity index (χ1) is 6.74. The molecule has 1 aromatic rings. The van der Waals surface area contributed by atoms with Crippen LogP contribution in [-0.2, 0) is 0 Å². The van der Waals surface area contributed by atoms with Crippen LogP contribution in [0, 0.1) is 12.8 Å². The van der Waals surface area contributed by atoms with E-state index < -0.39 is 0 Å². The van der Waals surface area contributed by atoms with Gasteiger partial charge in [0.15, 0.2) is 0 Å². The molecule has 0 spiro atoms. The van der Waals surface area contributed by atoms with Crippen LogP contribution in [0.4, 0.5) is 0 Å². The first-order valence-electron chi connectivity index (χ1n) is 5.16. The number of rotatable bonds is 3. The van der Waals surface area contributed by atoms with Gasteiger partial charge in [-0.25, -0.2) is 0 Å². The van der Waals surface area contributed by atoms with E-state index in [9.17, 15) is 0 Å². The zero-order valence-corrected chi connectivity index (χ0v) is 9.43. The summed E-state index contributed by atoms with van der Waals surface area (Å²) in [6, 6.07) is 6.73. The summed E-state index contributed by atoms with van der Waals surface area (Å²) in [5.74, 6) is 0.791. The molecular formula is C12H16ClN. The Labute approximate surface area is 90.5 Å². The molecule has 1 nitrogen and oxygen atoms in total. The maximum absolute atomic E-state index is 6.30. The van der Waals surface area contributed by atoms with E-state index in [-0.39, 0.29) is 0 Å². The fourth-order valence-corrected chi connectivity index (χ4v) is 2.23. The second kappa shape index (κ2) is 3.92. The summed E-state index contributed by atoms with van der Waals surface area (Å²) < 4.78 is 0. The third kappa shape index (κ3) is 1.79. The molecule has 1 aliphatic rings. The van der Waals surface area contributed by atoms with E-state index in [2.05, 4.69) is 30.4 Å². The zero-order chi connectivity index (χ0) is 10.1. The molecule has 2 heteroatoms. The number of hydrogen-bond acceptors (Lipinski definition) is 1. The highest BCUT2D eigenvalue weighted by molar-refractivity contribution is 6.32. The average Bonchev–Trinajstić information content (AvgIpc) is 2.97. The van der Waals surface area contributed by atoms with Gasteiger partial charge in [0, 0.05) is 11.1 Å². The minimum atomic E-state index is 0.447. The van der Waals surface area contributed by atoms with E-state index in [1.54, 1.807) is 0 Å². The van der Waals surface area contributed by atoms with Crippen LogP contribution in [0.1, 0.15) is 30.0 Å². The van der Waals surface area contributed by atoms with Crippen LogP contribution in [-0.4, -0.2) is 7.05 Å². The lowest BCUT2D eigenvalue weighted by Crippen LogP contribution is -2.18. The molecule has 1 fully saturated rings. The Bertz CT molecular complexity index is 331. The van der Waals surface area contributed by atoms with Gasteiger partial charge in [0.1, 0.15) is 0 Å². The summed E-state index contributed by atoms with van der Waals surface area (Å²) in [4.78, 5) is 0. The first-order valence-corrected chi connectivity index (χ1v) is 5.54. The molecule has 76 valence electrons. The van der Waals surface area contributed by atoms with Crippen molar-refractivity contribution in [1.82, 2.24) is 5.32 Å². The Kier molecular flexibility index (Phi) is 2.80. The molecule has 0 heterocycles. The number of halogens is 1. The quantitative estimate of drug-likeness (QED) is 0.806. The van der Waals surface area contributed by atoms with Gasteiger partial charge in [-0.1, -0.05) is 29.8 Å². The number of benzene rings is 1. The van der Waals surface area contributed by atoms with Gasteiger partial charge in [-0.3, -0.25) is 0 Å². The van der Waals surface area contributed by atoms with E-state index >= 15 is 0 Å². The molecule has 0 aliphatic heterocycles. The summed E-state index contributed by atoms with van der Waals surface area (Å²) in [7, 11) is 2.02. The standard InChI is InChI=1S/C12H16ClN/c1-8-4-3-5-10(11(8)13)12(14-2)9-6-7-9/h3-5,9,12,14H,6-7H2,1-2H3. The molecule has 0 bridgehead atoms. The Morgan fingerprint density at radius 2 is 2.14 bits per heavy atom. The van der Waals surface area contributed by atoms with Crippen LogP contribution >= 0.6 is 11.6 Å². The molecule has 1 N–H and O–H groups in total. The molecule has 0 saturated heterocycles. The lowest BCUT2D eigenvalue weighted by atomic mass is 10.0. The van der Waals surface area contributed by atoms with Gasteiger partial charge in [-0.2, -0.15) is 0 Å². The molecule has 1 saturated carbocycles. The van der Waals surface area contributed by atoms with Crippen molar-refractivity contribution in [2.45, 2.75) is 25.8 Å². The average molecular weight is 210 g/mol. The Hall–Kier alpha value is -0.530. The van der Waals surface area contributed by atoms with Gasteiger partial charge < -0.3 is 5.32 Å². The molecule has 1 atom stereocenters. The lowest BCUT2D eigenvalue weighted by Gasteiger charge is -2.18. The number of aryl methyl sites for hydroxylation is 1. The summed E-state index contributed by atoms with van der Waals surface area (Å²) >= 11 is 6.30. The maximum Gasteiger partial charge on any atom is 0.0483 e. The van der Waals surface area contributed by atoms with Gasteiger partial charge in [0.25, 0.3) is 0 Å². The molecule has 0 amide bonds. The fourth-order valence-electron chi connectivity index (χ4n) is 1.99.